The number of amides is 2. The molecule has 4 rings (SSSR count). The van der Waals surface area contributed by atoms with Crippen molar-refractivity contribution in [3.8, 4) is 11.1 Å². The van der Waals surface area contributed by atoms with E-state index in [1.54, 1.807) is 0 Å². The number of rotatable bonds is 2. The number of fused-ring (bicyclic) bond motifs is 2. The molecule has 1 aromatic carbocycles. The lowest BCUT2D eigenvalue weighted by Gasteiger charge is -2.40. The number of hydrogen-bond donors (Lipinski definition) is 1. The van der Waals surface area contributed by atoms with Gasteiger partial charge < -0.3 is 10.2 Å². The van der Waals surface area contributed by atoms with E-state index < -0.39 is 0 Å². The summed E-state index contributed by atoms with van der Waals surface area (Å²) in [7, 11) is 0. The zero-order valence-corrected chi connectivity index (χ0v) is 15.7. The molecular formula is C22H27N3O. The Labute approximate surface area is 155 Å². The van der Waals surface area contributed by atoms with E-state index in [2.05, 4.69) is 34.6 Å². The molecule has 1 N–H and O–H groups in total. The smallest absolute Gasteiger partial charge is 0.317 e. The van der Waals surface area contributed by atoms with Gasteiger partial charge in [0.05, 0.1) is 0 Å². The van der Waals surface area contributed by atoms with Crippen molar-refractivity contribution in [2.75, 3.05) is 13.1 Å². The molecule has 0 unspecified atom stereocenters. The Morgan fingerprint density at radius 1 is 1.15 bits per heavy atom. The summed E-state index contributed by atoms with van der Waals surface area (Å²) in [5, 5.41) is 3.02. The first-order valence-electron chi connectivity index (χ1n) is 9.67. The lowest BCUT2D eigenvalue weighted by Crippen LogP contribution is -2.49. The van der Waals surface area contributed by atoms with E-state index in [1.165, 1.54) is 28.7 Å². The van der Waals surface area contributed by atoms with Gasteiger partial charge in [-0.1, -0.05) is 24.3 Å². The fraction of sp³-hybridized carbons (Fsp3) is 0.455. The Bertz CT molecular complexity index is 792. The molecular weight excluding hydrogens is 322 g/mol. The van der Waals surface area contributed by atoms with Gasteiger partial charge in [-0.15, -0.1) is 0 Å². The average molecular weight is 349 g/mol. The fourth-order valence-corrected chi connectivity index (χ4v) is 4.54. The molecule has 1 spiro atoms. The van der Waals surface area contributed by atoms with Gasteiger partial charge in [-0.05, 0) is 73.3 Å². The standard InChI is InChI=1S/C22H27N3O/c1-16(2)24-21(26)25-12-9-22(10-13-25)8-7-18-14-17(5-6-20(18)22)19-4-3-11-23-15-19/h3-6,11,14-16H,7-10,12-13H2,1-2H3,(H,24,26). The molecule has 26 heavy (non-hydrogen) atoms. The minimum atomic E-state index is 0.0833. The molecule has 1 aliphatic carbocycles. The Balaban J connectivity index is 1.51. The second-order valence-electron chi connectivity index (χ2n) is 7.99. The van der Waals surface area contributed by atoms with Crippen molar-refractivity contribution in [2.24, 2.45) is 0 Å². The number of likely N-dealkylation sites (tertiary alicyclic amines) is 1. The van der Waals surface area contributed by atoms with Crippen molar-refractivity contribution in [1.82, 2.24) is 15.2 Å². The van der Waals surface area contributed by atoms with Gasteiger partial charge in [0.25, 0.3) is 0 Å². The van der Waals surface area contributed by atoms with Crippen molar-refractivity contribution in [1.29, 1.82) is 0 Å². The van der Waals surface area contributed by atoms with E-state index >= 15 is 0 Å². The summed E-state index contributed by atoms with van der Waals surface area (Å²) >= 11 is 0. The van der Waals surface area contributed by atoms with Crippen molar-refractivity contribution in [3.05, 3.63) is 53.9 Å². The average Bonchev–Trinajstić information content (AvgIpc) is 3.00. The molecule has 1 saturated heterocycles. The Kier molecular flexibility index (Phi) is 4.43. The van der Waals surface area contributed by atoms with E-state index in [1.807, 2.05) is 37.2 Å². The molecule has 0 radical (unpaired) electrons. The molecule has 4 heteroatoms. The number of aryl methyl sites for hydroxylation is 1. The topological polar surface area (TPSA) is 45.2 Å². The van der Waals surface area contributed by atoms with Gasteiger partial charge in [-0.2, -0.15) is 0 Å². The van der Waals surface area contributed by atoms with Crippen molar-refractivity contribution < 1.29 is 4.79 Å². The van der Waals surface area contributed by atoms with Gasteiger partial charge in [0, 0.05) is 31.5 Å². The number of carbonyl (C=O) groups excluding carboxylic acids is 1. The molecule has 1 fully saturated rings. The van der Waals surface area contributed by atoms with Crippen LogP contribution in [0.5, 0.6) is 0 Å². The maximum atomic E-state index is 12.3. The largest absolute Gasteiger partial charge is 0.336 e. The third-order valence-electron chi connectivity index (χ3n) is 5.96. The van der Waals surface area contributed by atoms with Gasteiger partial charge in [0.2, 0.25) is 0 Å². The van der Waals surface area contributed by atoms with Gasteiger partial charge in [0.1, 0.15) is 0 Å². The third kappa shape index (κ3) is 3.09. The fourth-order valence-electron chi connectivity index (χ4n) is 4.54. The Morgan fingerprint density at radius 3 is 2.65 bits per heavy atom. The number of nitrogens with one attached hydrogen (secondary N) is 1. The van der Waals surface area contributed by atoms with Crippen LogP contribution >= 0.6 is 0 Å². The van der Waals surface area contributed by atoms with Crippen LogP contribution in [0, 0.1) is 0 Å². The highest BCUT2D eigenvalue weighted by Crippen LogP contribution is 2.47. The molecule has 0 saturated carbocycles. The normalized spacial score (nSPS) is 18.2. The lowest BCUT2D eigenvalue weighted by molar-refractivity contribution is 0.155. The predicted molar refractivity (Wildman–Crippen MR) is 104 cm³/mol. The van der Waals surface area contributed by atoms with Gasteiger partial charge in [-0.25, -0.2) is 4.79 Å². The van der Waals surface area contributed by atoms with Crippen LogP contribution in [0.15, 0.2) is 42.7 Å². The quantitative estimate of drug-likeness (QED) is 0.885. The highest BCUT2D eigenvalue weighted by molar-refractivity contribution is 5.74. The molecule has 1 aromatic heterocycles. The summed E-state index contributed by atoms with van der Waals surface area (Å²) in [5.74, 6) is 0. The molecule has 2 amide bonds. The van der Waals surface area contributed by atoms with Crippen LogP contribution in [0.1, 0.15) is 44.2 Å². The van der Waals surface area contributed by atoms with Crippen LogP contribution < -0.4 is 5.32 Å². The van der Waals surface area contributed by atoms with Gasteiger partial charge in [-0.3, -0.25) is 4.98 Å². The molecule has 1 aliphatic heterocycles. The van der Waals surface area contributed by atoms with Gasteiger partial charge >= 0.3 is 6.03 Å². The minimum absolute atomic E-state index is 0.0833. The first kappa shape index (κ1) is 17.1. The van der Waals surface area contributed by atoms with Crippen LogP contribution in [0.2, 0.25) is 0 Å². The van der Waals surface area contributed by atoms with Crippen LogP contribution in [-0.4, -0.2) is 35.0 Å². The second kappa shape index (κ2) is 6.75. The van der Waals surface area contributed by atoms with Crippen molar-refractivity contribution >= 4 is 6.03 Å². The lowest BCUT2D eigenvalue weighted by atomic mass is 9.73. The summed E-state index contributed by atoms with van der Waals surface area (Å²) in [6.07, 6.45) is 8.23. The number of hydrogen-bond acceptors (Lipinski definition) is 2. The highest BCUT2D eigenvalue weighted by atomic mass is 16.2. The van der Waals surface area contributed by atoms with E-state index in [0.717, 1.165) is 32.4 Å². The maximum Gasteiger partial charge on any atom is 0.317 e. The van der Waals surface area contributed by atoms with Crippen molar-refractivity contribution in [3.63, 3.8) is 0 Å². The Morgan fingerprint density at radius 2 is 1.96 bits per heavy atom. The monoisotopic (exact) mass is 349 g/mol. The van der Waals surface area contributed by atoms with E-state index in [4.69, 9.17) is 0 Å². The number of urea groups is 1. The number of benzene rings is 1. The zero-order chi connectivity index (χ0) is 18.1. The maximum absolute atomic E-state index is 12.3. The van der Waals surface area contributed by atoms with E-state index in [9.17, 15) is 4.79 Å². The first-order chi connectivity index (χ1) is 12.6. The number of aromatic nitrogens is 1. The molecule has 2 aromatic rings. The second-order valence-corrected chi connectivity index (χ2v) is 7.99. The predicted octanol–water partition coefficient (Wildman–Crippen LogP) is 4.15. The molecule has 0 bridgehead atoms. The zero-order valence-electron chi connectivity index (χ0n) is 15.7. The van der Waals surface area contributed by atoms with Gasteiger partial charge in [0.15, 0.2) is 0 Å². The number of carbonyl (C=O) groups is 1. The summed E-state index contributed by atoms with van der Waals surface area (Å²) in [6.45, 7) is 5.72. The van der Waals surface area contributed by atoms with E-state index in [-0.39, 0.29) is 17.5 Å². The van der Waals surface area contributed by atoms with E-state index in [0.29, 0.717) is 0 Å². The van der Waals surface area contributed by atoms with Crippen LogP contribution in [0.3, 0.4) is 0 Å². The number of piperidine rings is 1. The first-order valence-corrected chi connectivity index (χ1v) is 9.67. The SMILES string of the molecule is CC(C)NC(=O)N1CCC2(CCc3cc(-c4cccnc4)ccc32)CC1. The molecule has 2 heterocycles. The van der Waals surface area contributed by atoms with Crippen molar-refractivity contribution in [2.45, 2.75) is 51.0 Å². The summed E-state index contributed by atoms with van der Waals surface area (Å²) in [6, 6.07) is 11.3. The number of nitrogens with zero attached hydrogens (tertiary/aromatic N) is 2. The summed E-state index contributed by atoms with van der Waals surface area (Å²) in [4.78, 5) is 18.5. The minimum Gasteiger partial charge on any atom is -0.336 e. The van der Waals surface area contributed by atoms with Crippen LogP contribution in [0.4, 0.5) is 4.79 Å². The molecule has 2 aliphatic rings. The molecule has 136 valence electrons. The highest BCUT2D eigenvalue weighted by Gasteiger charge is 2.41. The third-order valence-corrected chi connectivity index (χ3v) is 5.96. The summed E-state index contributed by atoms with van der Waals surface area (Å²) in [5.41, 5.74) is 5.68. The van der Waals surface area contributed by atoms with Crippen LogP contribution in [-0.2, 0) is 11.8 Å². The molecule has 0 atom stereocenters. The van der Waals surface area contributed by atoms with Crippen LogP contribution in [0.25, 0.3) is 11.1 Å². The molecule has 4 nitrogen and oxygen atoms in total. The Hall–Kier alpha value is -2.36. The number of pyridine rings is 1. The summed E-state index contributed by atoms with van der Waals surface area (Å²) < 4.78 is 0.